The minimum absolute atomic E-state index is 0. The number of aromatic nitrogens is 1. The van der Waals surface area contributed by atoms with Crippen LogP contribution in [-0.2, 0) is 6.54 Å². The molecule has 0 radical (unpaired) electrons. The van der Waals surface area contributed by atoms with Gasteiger partial charge in [0.05, 0.1) is 0 Å². The van der Waals surface area contributed by atoms with Crippen LogP contribution in [0.3, 0.4) is 0 Å². The largest absolute Gasteiger partial charge is 0.334 e. The Morgan fingerprint density at radius 1 is 1.71 bits per heavy atom. The molecule has 1 atom stereocenters. The number of hydrogen-bond acceptors (Lipinski definition) is 4. The van der Waals surface area contributed by atoms with Gasteiger partial charge in [0, 0.05) is 24.5 Å². The first-order chi connectivity index (χ1) is 7.76. The normalized spacial score (nSPS) is 19.2. The van der Waals surface area contributed by atoms with Gasteiger partial charge in [0.15, 0.2) is 0 Å². The summed E-state index contributed by atoms with van der Waals surface area (Å²) < 4.78 is 0. The molecule has 2 rings (SSSR count). The van der Waals surface area contributed by atoms with Crippen LogP contribution < -0.4 is 5.73 Å². The fourth-order valence-corrected chi connectivity index (χ4v) is 2.83. The van der Waals surface area contributed by atoms with E-state index < -0.39 is 0 Å². The van der Waals surface area contributed by atoms with Gasteiger partial charge in [-0.05, 0) is 19.3 Å². The van der Waals surface area contributed by atoms with Gasteiger partial charge >= 0.3 is 0 Å². The Morgan fingerprint density at radius 3 is 3.06 bits per heavy atom. The maximum atomic E-state index is 12.2. The zero-order valence-corrected chi connectivity index (χ0v) is 11.5. The van der Waals surface area contributed by atoms with Crippen molar-refractivity contribution >= 4 is 29.7 Å². The van der Waals surface area contributed by atoms with E-state index in [0.717, 1.165) is 30.8 Å². The fraction of sp³-hybridized carbons (Fsp3) is 0.636. The monoisotopic (exact) mass is 275 g/mol. The Balaban J connectivity index is 0.00000144. The lowest BCUT2D eigenvalue weighted by atomic mass is 10.1. The van der Waals surface area contributed by atoms with Crippen molar-refractivity contribution in [1.29, 1.82) is 0 Å². The summed E-state index contributed by atoms with van der Waals surface area (Å²) in [5, 5.41) is 2.64. The summed E-state index contributed by atoms with van der Waals surface area (Å²) in [5.41, 5.74) is 6.05. The number of nitrogens with zero attached hydrogens (tertiary/aromatic N) is 2. The third-order valence-corrected chi connectivity index (χ3v) is 3.93. The average Bonchev–Trinajstić information content (AvgIpc) is 2.96. The maximum absolute atomic E-state index is 12.2. The van der Waals surface area contributed by atoms with Gasteiger partial charge in [-0.1, -0.05) is 6.92 Å². The van der Waals surface area contributed by atoms with E-state index >= 15 is 0 Å². The number of halogens is 1. The second kappa shape index (κ2) is 6.33. The lowest BCUT2D eigenvalue weighted by Gasteiger charge is -2.22. The Labute approximate surface area is 112 Å². The molecule has 1 aliphatic rings. The van der Waals surface area contributed by atoms with E-state index in [1.807, 2.05) is 10.3 Å². The van der Waals surface area contributed by atoms with Gasteiger partial charge in [-0.15, -0.1) is 23.7 Å². The van der Waals surface area contributed by atoms with E-state index in [4.69, 9.17) is 5.73 Å². The Hall–Kier alpha value is -0.650. The molecule has 0 bridgehead atoms. The van der Waals surface area contributed by atoms with Crippen LogP contribution in [0.25, 0.3) is 0 Å². The molecule has 0 saturated carbocycles. The van der Waals surface area contributed by atoms with Crippen molar-refractivity contribution in [3.63, 3.8) is 0 Å². The van der Waals surface area contributed by atoms with Gasteiger partial charge in [-0.25, -0.2) is 4.98 Å². The van der Waals surface area contributed by atoms with Crippen molar-refractivity contribution in [2.75, 3.05) is 6.54 Å². The van der Waals surface area contributed by atoms with Crippen LogP contribution in [0, 0.1) is 0 Å². The molecule has 6 heteroatoms. The molecular formula is C11H18ClN3OS. The molecular weight excluding hydrogens is 258 g/mol. The highest BCUT2D eigenvalue weighted by atomic mass is 35.5. The van der Waals surface area contributed by atoms with Crippen molar-refractivity contribution in [1.82, 2.24) is 9.88 Å². The van der Waals surface area contributed by atoms with Crippen molar-refractivity contribution in [2.45, 2.75) is 38.8 Å². The van der Waals surface area contributed by atoms with Crippen molar-refractivity contribution < 1.29 is 4.79 Å². The van der Waals surface area contributed by atoms with E-state index in [0.29, 0.717) is 18.3 Å². The second-order valence-corrected chi connectivity index (χ2v) is 4.98. The molecule has 2 N–H and O–H groups in total. The summed E-state index contributed by atoms with van der Waals surface area (Å²) in [6.45, 7) is 3.41. The van der Waals surface area contributed by atoms with Crippen LogP contribution in [0.2, 0.25) is 0 Å². The lowest BCUT2D eigenvalue weighted by Crippen LogP contribution is -2.35. The van der Waals surface area contributed by atoms with Crippen LogP contribution in [0.15, 0.2) is 5.38 Å². The lowest BCUT2D eigenvalue weighted by molar-refractivity contribution is 0.0728. The summed E-state index contributed by atoms with van der Waals surface area (Å²) in [7, 11) is 0. The summed E-state index contributed by atoms with van der Waals surface area (Å²) in [5.74, 6) is 0.0697. The highest BCUT2D eigenvalue weighted by Crippen LogP contribution is 2.22. The van der Waals surface area contributed by atoms with Gasteiger partial charge in [0.25, 0.3) is 5.91 Å². The molecule has 1 amide bonds. The third kappa shape index (κ3) is 2.97. The predicted octanol–water partition coefficient (Wildman–Crippen LogP) is 2.04. The molecule has 1 aromatic heterocycles. The number of carbonyl (C=O) groups is 1. The molecule has 1 aromatic rings. The molecule has 1 unspecified atom stereocenters. The van der Waals surface area contributed by atoms with Crippen LogP contribution >= 0.6 is 23.7 Å². The number of amides is 1. The fourth-order valence-electron chi connectivity index (χ4n) is 2.18. The van der Waals surface area contributed by atoms with Crippen molar-refractivity contribution in [2.24, 2.45) is 5.73 Å². The Kier molecular flexibility index (Phi) is 5.36. The molecule has 96 valence electrons. The molecule has 2 heterocycles. The van der Waals surface area contributed by atoms with E-state index in [9.17, 15) is 4.79 Å². The van der Waals surface area contributed by atoms with E-state index in [2.05, 4.69) is 11.9 Å². The number of thiazole rings is 1. The predicted molar refractivity (Wildman–Crippen MR) is 71.6 cm³/mol. The molecule has 1 saturated heterocycles. The van der Waals surface area contributed by atoms with Gasteiger partial charge in [-0.3, -0.25) is 4.79 Å². The van der Waals surface area contributed by atoms with E-state index in [-0.39, 0.29) is 18.3 Å². The highest BCUT2D eigenvalue weighted by Gasteiger charge is 2.29. The number of rotatable bonds is 3. The van der Waals surface area contributed by atoms with Crippen LogP contribution in [0.4, 0.5) is 0 Å². The summed E-state index contributed by atoms with van der Waals surface area (Å²) >= 11 is 1.46. The molecule has 4 nitrogen and oxygen atoms in total. The minimum atomic E-state index is 0. The SMILES string of the molecule is CCC1CCCN1C(=O)c1csc(CN)n1.Cl. The van der Waals surface area contributed by atoms with Crippen LogP contribution in [0.1, 0.15) is 41.7 Å². The Morgan fingerprint density at radius 2 is 2.47 bits per heavy atom. The number of hydrogen-bond donors (Lipinski definition) is 1. The first-order valence-electron chi connectivity index (χ1n) is 5.71. The summed E-state index contributed by atoms with van der Waals surface area (Å²) in [6.07, 6.45) is 3.26. The zero-order chi connectivity index (χ0) is 11.5. The molecule has 0 aliphatic carbocycles. The van der Waals surface area contributed by atoms with E-state index in [1.54, 1.807) is 0 Å². The maximum Gasteiger partial charge on any atom is 0.273 e. The van der Waals surface area contributed by atoms with Gasteiger partial charge in [-0.2, -0.15) is 0 Å². The van der Waals surface area contributed by atoms with Gasteiger partial charge in [0.2, 0.25) is 0 Å². The quantitative estimate of drug-likeness (QED) is 0.918. The second-order valence-electron chi connectivity index (χ2n) is 4.03. The molecule has 1 fully saturated rings. The first kappa shape index (κ1) is 14.4. The number of carbonyl (C=O) groups excluding carboxylic acids is 1. The minimum Gasteiger partial charge on any atom is -0.334 e. The summed E-state index contributed by atoms with van der Waals surface area (Å²) in [6, 6.07) is 0.399. The van der Waals surface area contributed by atoms with E-state index in [1.165, 1.54) is 11.3 Å². The smallest absolute Gasteiger partial charge is 0.273 e. The van der Waals surface area contributed by atoms with Gasteiger partial charge < -0.3 is 10.6 Å². The number of likely N-dealkylation sites (tertiary alicyclic amines) is 1. The molecule has 1 aliphatic heterocycles. The Bertz CT molecular complexity index is 383. The zero-order valence-electron chi connectivity index (χ0n) is 9.89. The van der Waals surface area contributed by atoms with Crippen molar-refractivity contribution in [3.05, 3.63) is 16.1 Å². The molecule has 17 heavy (non-hydrogen) atoms. The van der Waals surface area contributed by atoms with Gasteiger partial charge in [0.1, 0.15) is 10.7 Å². The number of nitrogens with two attached hydrogens (primary N) is 1. The molecule has 0 aromatic carbocycles. The van der Waals surface area contributed by atoms with Crippen molar-refractivity contribution in [3.8, 4) is 0 Å². The first-order valence-corrected chi connectivity index (χ1v) is 6.59. The topological polar surface area (TPSA) is 59.2 Å². The standard InChI is InChI=1S/C11H17N3OS.ClH/c1-2-8-4-3-5-14(8)11(15)9-7-16-10(6-12)13-9;/h7-8H,2-6,12H2,1H3;1H. The van der Waals surface area contributed by atoms with Crippen LogP contribution in [-0.4, -0.2) is 28.4 Å². The van der Waals surface area contributed by atoms with Crippen LogP contribution in [0.5, 0.6) is 0 Å². The average molecular weight is 276 g/mol. The summed E-state index contributed by atoms with van der Waals surface area (Å²) in [4.78, 5) is 18.4. The third-order valence-electron chi connectivity index (χ3n) is 3.05. The molecule has 0 spiro atoms. The highest BCUT2D eigenvalue weighted by molar-refractivity contribution is 7.09.